The molecule has 1 N–H and O–H groups in total. The summed E-state index contributed by atoms with van der Waals surface area (Å²) in [5.41, 5.74) is 4.37. The number of nitrogens with one attached hydrogen (secondary N) is 1. The summed E-state index contributed by atoms with van der Waals surface area (Å²) in [5, 5.41) is 3.02. The lowest BCUT2D eigenvalue weighted by Gasteiger charge is -2.29. The molecular weight excluding hydrogens is 408 g/mol. The molecule has 0 bridgehead atoms. The van der Waals surface area contributed by atoms with Gasteiger partial charge in [0.2, 0.25) is 0 Å². The summed E-state index contributed by atoms with van der Waals surface area (Å²) in [6.45, 7) is 6.95. The highest BCUT2D eigenvalue weighted by molar-refractivity contribution is 5.94. The first-order valence-electron chi connectivity index (χ1n) is 12.0. The molecule has 1 heterocycles. The lowest BCUT2D eigenvalue weighted by molar-refractivity contribution is 0.0954. The summed E-state index contributed by atoms with van der Waals surface area (Å²) in [7, 11) is 0. The van der Waals surface area contributed by atoms with Crippen LogP contribution in [0.2, 0.25) is 0 Å². The van der Waals surface area contributed by atoms with E-state index in [4.69, 9.17) is 4.74 Å². The molecule has 3 aromatic rings. The van der Waals surface area contributed by atoms with Crippen molar-refractivity contribution in [3.8, 4) is 5.75 Å². The van der Waals surface area contributed by atoms with E-state index in [0.29, 0.717) is 30.8 Å². The molecule has 4 heteroatoms. The van der Waals surface area contributed by atoms with Crippen molar-refractivity contribution in [1.82, 2.24) is 10.2 Å². The molecular formula is C29H34N2O2. The number of nitrogens with zero attached hydrogens (tertiary/aromatic N) is 1. The average Bonchev–Trinajstić information content (AvgIpc) is 3.29. The van der Waals surface area contributed by atoms with E-state index in [1.165, 1.54) is 30.5 Å². The Labute approximate surface area is 197 Å². The normalized spacial score (nSPS) is 17.0. The molecule has 3 aromatic carbocycles. The minimum atomic E-state index is -0.0575. The fourth-order valence-electron chi connectivity index (χ4n) is 4.55. The number of ether oxygens (including phenoxy) is 1. The quantitative estimate of drug-likeness (QED) is 0.456. The van der Waals surface area contributed by atoms with Gasteiger partial charge in [-0.3, -0.25) is 9.69 Å². The third-order valence-electron chi connectivity index (χ3n) is 6.63. The molecule has 33 heavy (non-hydrogen) atoms. The van der Waals surface area contributed by atoms with Crippen LogP contribution in [0.3, 0.4) is 0 Å². The molecule has 0 radical (unpaired) electrons. The van der Waals surface area contributed by atoms with Gasteiger partial charge in [-0.25, -0.2) is 0 Å². The number of amides is 1. The fraction of sp³-hybridized carbons (Fsp3) is 0.345. The maximum atomic E-state index is 12.5. The predicted molar refractivity (Wildman–Crippen MR) is 134 cm³/mol. The zero-order valence-electron chi connectivity index (χ0n) is 19.7. The Hall–Kier alpha value is -3.11. The highest BCUT2D eigenvalue weighted by Gasteiger charge is 2.25. The molecule has 0 aromatic heterocycles. The molecule has 172 valence electrons. The predicted octanol–water partition coefficient (Wildman–Crippen LogP) is 5.78. The summed E-state index contributed by atoms with van der Waals surface area (Å²) in [4.78, 5) is 15.1. The van der Waals surface area contributed by atoms with Crippen LogP contribution in [0, 0.1) is 0 Å². The van der Waals surface area contributed by atoms with Gasteiger partial charge in [0.05, 0.1) is 0 Å². The molecule has 1 aliphatic rings. The van der Waals surface area contributed by atoms with Crippen LogP contribution in [0.1, 0.15) is 59.8 Å². The van der Waals surface area contributed by atoms with Crippen molar-refractivity contribution in [2.75, 3.05) is 13.1 Å². The monoisotopic (exact) mass is 442 g/mol. The standard InChI is InChI=1S/C29H34N2O2/c1-22-7-6-20-31(22)23(2)26-12-10-24(11-13-26)18-19-30-29(32)27-14-16-28(17-15-27)33-21-25-8-4-3-5-9-25/h3-5,8-17,22-23H,6-7,18-21H2,1-2H3,(H,30,32). The zero-order chi connectivity index (χ0) is 23.0. The number of hydrogen-bond acceptors (Lipinski definition) is 3. The van der Waals surface area contributed by atoms with Crippen molar-refractivity contribution >= 4 is 5.91 Å². The molecule has 2 unspecified atom stereocenters. The summed E-state index contributed by atoms with van der Waals surface area (Å²) < 4.78 is 5.80. The van der Waals surface area contributed by atoms with Gasteiger partial charge in [-0.15, -0.1) is 0 Å². The number of carbonyl (C=O) groups is 1. The average molecular weight is 443 g/mol. The molecule has 0 aliphatic carbocycles. The van der Waals surface area contributed by atoms with Crippen molar-refractivity contribution in [2.45, 2.75) is 51.8 Å². The molecule has 1 aliphatic heterocycles. The van der Waals surface area contributed by atoms with Gasteiger partial charge in [0.25, 0.3) is 5.91 Å². The van der Waals surface area contributed by atoms with Crippen molar-refractivity contribution < 1.29 is 9.53 Å². The molecule has 1 amide bonds. The highest BCUT2D eigenvalue weighted by atomic mass is 16.5. The van der Waals surface area contributed by atoms with E-state index in [1.807, 2.05) is 54.6 Å². The lowest BCUT2D eigenvalue weighted by atomic mass is 10.0. The van der Waals surface area contributed by atoms with Crippen LogP contribution >= 0.6 is 0 Å². The van der Waals surface area contributed by atoms with Crippen LogP contribution in [0.4, 0.5) is 0 Å². The minimum absolute atomic E-state index is 0.0575. The summed E-state index contributed by atoms with van der Waals surface area (Å²) >= 11 is 0. The fourth-order valence-corrected chi connectivity index (χ4v) is 4.55. The second-order valence-electron chi connectivity index (χ2n) is 8.95. The van der Waals surface area contributed by atoms with Crippen molar-refractivity contribution in [3.63, 3.8) is 0 Å². The molecule has 0 saturated carbocycles. The number of carbonyl (C=O) groups excluding carboxylic acids is 1. The van der Waals surface area contributed by atoms with Gasteiger partial charge >= 0.3 is 0 Å². The van der Waals surface area contributed by atoms with Crippen molar-refractivity contribution in [2.24, 2.45) is 0 Å². The third-order valence-corrected chi connectivity index (χ3v) is 6.63. The number of rotatable bonds is 9. The Balaban J connectivity index is 1.22. The SMILES string of the molecule is CC1CCCN1C(C)c1ccc(CCNC(=O)c2ccc(OCc3ccccc3)cc2)cc1. The Kier molecular flexibility index (Phi) is 7.79. The van der Waals surface area contributed by atoms with Crippen molar-refractivity contribution in [3.05, 3.63) is 101 Å². The van der Waals surface area contributed by atoms with Crippen LogP contribution in [0.5, 0.6) is 5.75 Å². The van der Waals surface area contributed by atoms with Crippen LogP contribution in [-0.4, -0.2) is 29.9 Å². The minimum Gasteiger partial charge on any atom is -0.489 e. The van der Waals surface area contributed by atoms with E-state index in [2.05, 4.69) is 48.3 Å². The van der Waals surface area contributed by atoms with Gasteiger partial charge < -0.3 is 10.1 Å². The van der Waals surface area contributed by atoms with Gasteiger partial charge in [-0.1, -0.05) is 54.6 Å². The van der Waals surface area contributed by atoms with Gasteiger partial charge in [0.15, 0.2) is 0 Å². The zero-order valence-corrected chi connectivity index (χ0v) is 19.7. The largest absolute Gasteiger partial charge is 0.489 e. The van der Waals surface area contributed by atoms with Gasteiger partial charge in [0, 0.05) is 24.2 Å². The second-order valence-corrected chi connectivity index (χ2v) is 8.95. The lowest BCUT2D eigenvalue weighted by Crippen LogP contribution is -2.29. The number of benzene rings is 3. The highest BCUT2D eigenvalue weighted by Crippen LogP contribution is 2.28. The van der Waals surface area contributed by atoms with Crippen LogP contribution in [0.15, 0.2) is 78.9 Å². The Morgan fingerprint density at radius 3 is 2.39 bits per heavy atom. The van der Waals surface area contributed by atoms with E-state index in [0.717, 1.165) is 17.7 Å². The maximum Gasteiger partial charge on any atom is 0.251 e. The molecule has 1 fully saturated rings. The van der Waals surface area contributed by atoms with Crippen LogP contribution < -0.4 is 10.1 Å². The van der Waals surface area contributed by atoms with Crippen LogP contribution in [0.25, 0.3) is 0 Å². The van der Waals surface area contributed by atoms with E-state index in [-0.39, 0.29) is 5.91 Å². The summed E-state index contributed by atoms with van der Waals surface area (Å²) in [6.07, 6.45) is 3.41. The number of hydrogen-bond donors (Lipinski definition) is 1. The Morgan fingerprint density at radius 2 is 1.73 bits per heavy atom. The molecule has 0 spiro atoms. The first-order chi connectivity index (χ1) is 16.1. The van der Waals surface area contributed by atoms with Gasteiger partial charge in [-0.05, 0) is 80.6 Å². The van der Waals surface area contributed by atoms with E-state index in [1.54, 1.807) is 0 Å². The summed E-state index contributed by atoms with van der Waals surface area (Å²) in [6, 6.07) is 27.3. The van der Waals surface area contributed by atoms with Gasteiger partial charge in [0.1, 0.15) is 12.4 Å². The Bertz CT molecular complexity index is 1020. The summed E-state index contributed by atoms with van der Waals surface area (Å²) in [5.74, 6) is 0.700. The van der Waals surface area contributed by atoms with E-state index in [9.17, 15) is 4.79 Å². The third kappa shape index (κ3) is 6.23. The Morgan fingerprint density at radius 1 is 1.00 bits per heavy atom. The number of likely N-dealkylation sites (tertiary alicyclic amines) is 1. The van der Waals surface area contributed by atoms with E-state index >= 15 is 0 Å². The molecule has 2 atom stereocenters. The van der Waals surface area contributed by atoms with Gasteiger partial charge in [-0.2, -0.15) is 0 Å². The maximum absolute atomic E-state index is 12.5. The molecule has 1 saturated heterocycles. The van der Waals surface area contributed by atoms with E-state index < -0.39 is 0 Å². The van der Waals surface area contributed by atoms with Crippen molar-refractivity contribution in [1.29, 1.82) is 0 Å². The first kappa shape index (κ1) is 23.1. The second kappa shape index (κ2) is 11.2. The smallest absolute Gasteiger partial charge is 0.251 e. The molecule has 4 nitrogen and oxygen atoms in total. The first-order valence-corrected chi connectivity index (χ1v) is 12.0. The van der Waals surface area contributed by atoms with Crippen LogP contribution in [-0.2, 0) is 13.0 Å². The molecule has 4 rings (SSSR count). The topological polar surface area (TPSA) is 41.6 Å².